The molecule has 3 saturated carbocycles. The molecule has 6 rings (SSSR count). The molecular weight excluding hydrogens is 444 g/mol. The predicted molar refractivity (Wildman–Crippen MR) is 121 cm³/mol. The second-order valence-corrected chi connectivity index (χ2v) is 10.1. The molecule has 4 aliphatic rings. The lowest BCUT2D eigenvalue weighted by Gasteiger charge is -2.34. The summed E-state index contributed by atoms with van der Waals surface area (Å²) in [5, 5.41) is 16.8. The maximum absolute atomic E-state index is 14.0. The largest absolute Gasteiger partial charge is 0.481 e. The normalized spacial score (nSPS) is 27.7. The van der Waals surface area contributed by atoms with Crippen molar-refractivity contribution in [1.82, 2.24) is 20.1 Å². The minimum absolute atomic E-state index is 0.111. The first kappa shape index (κ1) is 22.7. The highest BCUT2D eigenvalue weighted by Crippen LogP contribution is 2.59. The van der Waals surface area contributed by atoms with Crippen molar-refractivity contribution < 1.29 is 23.5 Å². The Hall–Kier alpha value is -3.04. The molecule has 1 aliphatic heterocycles. The van der Waals surface area contributed by atoms with Crippen molar-refractivity contribution in [3.63, 3.8) is 0 Å². The van der Waals surface area contributed by atoms with Crippen molar-refractivity contribution >= 4 is 17.7 Å². The molecule has 1 atom stereocenters. The molecule has 0 spiro atoms. The van der Waals surface area contributed by atoms with E-state index in [-0.39, 0.29) is 37.3 Å². The van der Waals surface area contributed by atoms with Gasteiger partial charge in [-0.3, -0.25) is 14.3 Å². The molecule has 8 nitrogen and oxygen atoms in total. The molecule has 2 N–H and O–H groups in total. The Morgan fingerprint density at radius 2 is 1.94 bits per heavy atom. The number of carbonyl (C=O) groups excluding carboxylic acids is 1. The topological polar surface area (TPSA) is 100 Å². The van der Waals surface area contributed by atoms with E-state index in [1.54, 1.807) is 29.0 Å². The summed E-state index contributed by atoms with van der Waals surface area (Å²) in [6.07, 6.45) is 6.62. The number of rotatable bonds is 5. The summed E-state index contributed by atoms with van der Waals surface area (Å²) in [4.78, 5) is 31.7. The third-order valence-electron chi connectivity index (χ3n) is 7.83. The quantitative estimate of drug-likeness (QED) is 0.691. The van der Waals surface area contributed by atoms with Crippen LogP contribution in [0.4, 0.5) is 14.6 Å². The average Bonchev–Trinajstić information content (AvgIpc) is 3.39. The first-order valence-electron chi connectivity index (χ1n) is 11.7. The van der Waals surface area contributed by atoms with Crippen molar-refractivity contribution in [2.45, 2.75) is 57.4 Å². The molecule has 2 aromatic heterocycles. The van der Waals surface area contributed by atoms with Crippen LogP contribution in [0.3, 0.4) is 0 Å². The van der Waals surface area contributed by atoms with Crippen LogP contribution in [-0.4, -0.2) is 56.8 Å². The van der Waals surface area contributed by atoms with E-state index in [1.807, 2.05) is 13.1 Å². The number of carboxylic acid groups (broad SMARTS) is 1. The van der Waals surface area contributed by atoms with Gasteiger partial charge < -0.3 is 15.3 Å². The van der Waals surface area contributed by atoms with Gasteiger partial charge in [0.05, 0.1) is 17.2 Å². The molecule has 1 amide bonds. The number of aliphatic carboxylic acids is 1. The van der Waals surface area contributed by atoms with Crippen molar-refractivity contribution in [1.29, 1.82) is 0 Å². The van der Waals surface area contributed by atoms with Crippen molar-refractivity contribution in [3.8, 4) is 11.1 Å². The summed E-state index contributed by atoms with van der Waals surface area (Å²) < 4.78 is 29.7. The maximum atomic E-state index is 14.0. The fourth-order valence-electron chi connectivity index (χ4n) is 5.88. The molecule has 2 bridgehead atoms. The van der Waals surface area contributed by atoms with Gasteiger partial charge in [-0.05, 0) is 44.1 Å². The van der Waals surface area contributed by atoms with Crippen molar-refractivity contribution in [3.05, 3.63) is 29.7 Å². The highest BCUT2D eigenvalue weighted by molar-refractivity contribution is 6.02. The van der Waals surface area contributed by atoms with Crippen molar-refractivity contribution in [2.24, 2.45) is 18.4 Å². The first-order valence-corrected chi connectivity index (χ1v) is 11.7. The summed E-state index contributed by atoms with van der Waals surface area (Å²) in [5.41, 5.74) is 1.89. The standard InChI is InChI=1S/C24H29F2N5O3/c1-14-17(16-11-28-30(2)13-16)12-27-20(31-6-3-4-24(25,26)5-7-31)19(14)21(32)29-18-10-23(22(33)34)8-15(18)9-23/h11-13,15,18H,3-10H2,1-2H3,(H,29,32)(H,33,34). The maximum Gasteiger partial charge on any atom is 0.309 e. The van der Waals surface area contributed by atoms with E-state index >= 15 is 0 Å². The molecule has 34 heavy (non-hydrogen) atoms. The number of hydrogen-bond donors (Lipinski definition) is 2. The Balaban J connectivity index is 1.49. The number of hydrogen-bond acceptors (Lipinski definition) is 5. The minimum atomic E-state index is -2.72. The molecule has 10 heteroatoms. The van der Waals surface area contributed by atoms with Gasteiger partial charge in [0.25, 0.3) is 5.91 Å². The lowest BCUT2D eigenvalue weighted by molar-refractivity contribution is -0.153. The number of aryl methyl sites for hydroxylation is 1. The SMILES string of the molecule is Cc1c(-c2cnn(C)c2)cnc(N2CCCC(F)(F)CC2)c1C(=O)NC1CC2(C(=O)O)CC1C2. The zero-order valence-electron chi connectivity index (χ0n) is 19.4. The van der Waals surface area contributed by atoms with Gasteiger partial charge in [-0.25, -0.2) is 13.8 Å². The minimum Gasteiger partial charge on any atom is -0.481 e. The van der Waals surface area contributed by atoms with Gasteiger partial charge in [-0.1, -0.05) is 0 Å². The van der Waals surface area contributed by atoms with Gasteiger partial charge in [0.1, 0.15) is 5.82 Å². The van der Waals surface area contributed by atoms with Gasteiger partial charge in [0, 0.05) is 62.5 Å². The van der Waals surface area contributed by atoms with Crippen LogP contribution in [0.25, 0.3) is 11.1 Å². The number of nitrogens with zero attached hydrogens (tertiary/aromatic N) is 4. The highest BCUT2D eigenvalue weighted by atomic mass is 19.3. The number of carbonyl (C=O) groups is 2. The van der Waals surface area contributed by atoms with Gasteiger partial charge in [-0.15, -0.1) is 0 Å². The third kappa shape index (κ3) is 3.82. The van der Waals surface area contributed by atoms with Crippen LogP contribution < -0.4 is 10.2 Å². The molecule has 3 aliphatic carbocycles. The summed E-state index contributed by atoms with van der Waals surface area (Å²) in [5.74, 6) is -3.31. The van der Waals surface area contributed by atoms with Crippen LogP contribution in [0.5, 0.6) is 0 Å². The van der Waals surface area contributed by atoms with E-state index in [0.717, 1.165) is 11.1 Å². The third-order valence-corrected chi connectivity index (χ3v) is 7.83. The number of nitrogens with one attached hydrogen (secondary N) is 1. The van der Waals surface area contributed by atoms with E-state index in [9.17, 15) is 23.5 Å². The van der Waals surface area contributed by atoms with Crippen molar-refractivity contribution in [2.75, 3.05) is 18.0 Å². The fourth-order valence-corrected chi connectivity index (χ4v) is 5.88. The molecular formula is C24H29F2N5O3. The molecule has 2 aromatic rings. The monoisotopic (exact) mass is 473 g/mol. The van der Waals surface area contributed by atoms with Gasteiger partial charge >= 0.3 is 5.97 Å². The Bertz CT molecular complexity index is 1140. The Morgan fingerprint density at radius 1 is 1.18 bits per heavy atom. The van der Waals surface area contributed by atoms with Crippen LogP contribution in [0, 0.1) is 18.3 Å². The summed E-state index contributed by atoms with van der Waals surface area (Å²) in [6, 6.07) is -0.216. The van der Waals surface area contributed by atoms with E-state index in [0.29, 0.717) is 49.2 Å². The Morgan fingerprint density at radius 3 is 2.59 bits per heavy atom. The molecule has 1 unspecified atom stereocenters. The molecule has 1 saturated heterocycles. The number of amides is 1. The number of aromatic nitrogens is 3. The second-order valence-electron chi connectivity index (χ2n) is 10.1. The van der Waals surface area contributed by atoms with E-state index in [1.165, 1.54) is 0 Å². The number of alkyl halides is 2. The van der Waals surface area contributed by atoms with Crippen LogP contribution in [0.1, 0.15) is 54.4 Å². The Kier molecular flexibility index (Phi) is 5.37. The number of pyridine rings is 1. The average molecular weight is 474 g/mol. The van der Waals surface area contributed by atoms with E-state index in [2.05, 4.69) is 15.4 Å². The molecule has 0 aromatic carbocycles. The van der Waals surface area contributed by atoms with Crippen LogP contribution >= 0.6 is 0 Å². The smallest absolute Gasteiger partial charge is 0.309 e. The molecule has 0 radical (unpaired) electrons. The molecule has 4 fully saturated rings. The number of anilines is 1. The zero-order valence-corrected chi connectivity index (χ0v) is 19.4. The summed E-state index contributed by atoms with van der Waals surface area (Å²) in [6.45, 7) is 2.34. The summed E-state index contributed by atoms with van der Waals surface area (Å²) in [7, 11) is 1.80. The molecule has 182 valence electrons. The molecule has 3 heterocycles. The zero-order chi connectivity index (χ0) is 24.3. The highest BCUT2D eigenvalue weighted by Gasteiger charge is 2.61. The van der Waals surface area contributed by atoms with Crippen LogP contribution in [0.15, 0.2) is 18.6 Å². The number of carboxylic acids is 1. The lowest BCUT2D eigenvalue weighted by Crippen LogP contribution is -2.39. The lowest BCUT2D eigenvalue weighted by atomic mass is 9.70. The second kappa shape index (κ2) is 8.02. The van der Waals surface area contributed by atoms with Gasteiger partial charge in [0.2, 0.25) is 5.92 Å². The number of halogens is 2. The van der Waals surface area contributed by atoms with Crippen LogP contribution in [-0.2, 0) is 11.8 Å². The first-order chi connectivity index (χ1) is 16.1. The summed E-state index contributed by atoms with van der Waals surface area (Å²) >= 11 is 0. The Labute approximate surface area is 196 Å². The van der Waals surface area contributed by atoms with E-state index in [4.69, 9.17) is 0 Å². The van der Waals surface area contributed by atoms with Gasteiger partial charge in [-0.2, -0.15) is 5.10 Å². The number of fused-ring (bicyclic) bond motifs is 1. The predicted octanol–water partition coefficient (Wildman–Crippen LogP) is 3.40. The fraction of sp³-hybridized carbons (Fsp3) is 0.583. The van der Waals surface area contributed by atoms with E-state index < -0.39 is 17.3 Å². The van der Waals surface area contributed by atoms with Gasteiger partial charge in [0.15, 0.2) is 0 Å². The van der Waals surface area contributed by atoms with Crippen LogP contribution in [0.2, 0.25) is 0 Å².